The van der Waals surface area contributed by atoms with Crippen LogP contribution < -0.4 is 0 Å². The summed E-state index contributed by atoms with van der Waals surface area (Å²) in [7, 11) is 0. The molecule has 0 fully saturated rings. The summed E-state index contributed by atoms with van der Waals surface area (Å²) in [6, 6.07) is 5.90. The third kappa shape index (κ3) is 16.0. The molecule has 0 aliphatic carbocycles. The third-order valence-electron chi connectivity index (χ3n) is 10.8. The SMILES string of the molecule is CC.CC.CC.CC.CC.CC.Cc1cc2c(C)c(C)oc2o1.Cc1cc2c(C)coc2o1.Cc1coc2occ(C)c12.Cc1coc2occ(C)c12.Cc1oc2occ(C)c2c1C.Cc1oc2occc2c1C. The van der Waals surface area contributed by atoms with E-state index in [9.17, 15) is 0 Å². The van der Waals surface area contributed by atoms with Crippen molar-refractivity contribution in [1.29, 1.82) is 0 Å². The van der Waals surface area contributed by atoms with E-state index in [4.69, 9.17) is 53.0 Å². The average Bonchev–Trinajstić information content (AvgIpc) is 4.28. The lowest BCUT2D eigenvalue weighted by Gasteiger charge is -1.85. The van der Waals surface area contributed by atoms with E-state index in [0.717, 1.165) is 94.5 Å². The summed E-state index contributed by atoms with van der Waals surface area (Å²) in [6.07, 6.45) is 11.9. The first-order valence-corrected chi connectivity index (χ1v) is 26.1. The van der Waals surface area contributed by atoms with Crippen molar-refractivity contribution in [2.24, 2.45) is 0 Å². The first-order valence-electron chi connectivity index (χ1n) is 26.1. The second kappa shape index (κ2) is 32.2. The Bertz CT molecular complexity index is 3230. The minimum absolute atomic E-state index is 0.634. The van der Waals surface area contributed by atoms with Crippen molar-refractivity contribution in [1.82, 2.24) is 0 Å². The topological polar surface area (TPSA) is 158 Å². The zero-order chi connectivity index (χ0) is 56.6. The molecule has 0 amide bonds. The van der Waals surface area contributed by atoms with Crippen LogP contribution in [0.2, 0.25) is 0 Å². The van der Waals surface area contributed by atoms with Gasteiger partial charge < -0.3 is 53.0 Å². The molecular weight excluding hydrogens is 937 g/mol. The van der Waals surface area contributed by atoms with E-state index in [2.05, 4.69) is 0 Å². The molecule has 0 radical (unpaired) electrons. The van der Waals surface area contributed by atoms with Crippen molar-refractivity contribution in [3.63, 3.8) is 0 Å². The zero-order valence-corrected chi connectivity index (χ0v) is 49.7. The normalized spacial score (nSPS) is 9.76. The van der Waals surface area contributed by atoms with Crippen LogP contribution in [-0.4, -0.2) is 0 Å². The van der Waals surface area contributed by atoms with Gasteiger partial charge in [-0.3, -0.25) is 0 Å². The molecule has 0 unspecified atom stereocenters. The molecule has 0 aromatic carbocycles. The Balaban J connectivity index is 0.000000426. The Morgan fingerprint density at radius 2 is 0.568 bits per heavy atom. The number of hydrogen-bond acceptors (Lipinski definition) is 12. The monoisotopic (exact) mass is 1020 g/mol. The van der Waals surface area contributed by atoms with Crippen LogP contribution in [0.25, 0.3) is 67.0 Å². The van der Waals surface area contributed by atoms with Gasteiger partial charge in [0.05, 0.1) is 76.2 Å². The smallest absolute Gasteiger partial charge is 0.297 e. The van der Waals surface area contributed by atoms with E-state index in [1.54, 1.807) is 43.8 Å². The highest BCUT2D eigenvalue weighted by Gasteiger charge is 2.13. The molecule has 0 spiro atoms. The van der Waals surface area contributed by atoms with Crippen molar-refractivity contribution in [2.45, 2.75) is 180 Å². The van der Waals surface area contributed by atoms with Crippen LogP contribution in [0.5, 0.6) is 0 Å². The minimum Gasteiger partial charge on any atom is -0.433 e. The molecule has 408 valence electrons. The van der Waals surface area contributed by atoms with Gasteiger partial charge >= 0.3 is 0 Å². The summed E-state index contributed by atoms with van der Waals surface area (Å²) < 4.78 is 62.3. The Labute approximate surface area is 439 Å². The van der Waals surface area contributed by atoms with E-state index >= 15 is 0 Å². The fraction of sp³-hybridized carbons (Fsp3) is 0.419. The Morgan fingerprint density at radius 1 is 0.257 bits per heavy atom. The molecule has 0 saturated carbocycles. The maximum absolute atomic E-state index is 5.35. The van der Waals surface area contributed by atoms with Gasteiger partial charge in [0.1, 0.15) is 28.8 Å². The van der Waals surface area contributed by atoms with E-state index in [0.29, 0.717) is 34.7 Å². The largest absolute Gasteiger partial charge is 0.433 e. The van der Waals surface area contributed by atoms with E-state index < -0.39 is 0 Å². The van der Waals surface area contributed by atoms with Crippen LogP contribution in [0, 0.1) is 96.9 Å². The maximum atomic E-state index is 5.35. The van der Waals surface area contributed by atoms with Gasteiger partial charge in [-0.15, -0.1) is 0 Å². The summed E-state index contributed by atoms with van der Waals surface area (Å²) in [5, 5.41) is 6.61. The molecule has 0 N–H and O–H groups in total. The fourth-order valence-electron chi connectivity index (χ4n) is 7.05. The van der Waals surface area contributed by atoms with Crippen LogP contribution in [-0.2, 0) is 0 Å². The Morgan fingerprint density at radius 3 is 0.959 bits per heavy atom. The van der Waals surface area contributed by atoms with Gasteiger partial charge in [0.2, 0.25) is 0 Å². The number of hydrogen-bond donors (Lipinski definition) is 0. The van der Waals surface area contributed by atoms with Crippen molar-refractivity contribution < 1.29 is 53.0 Å². The van der Waals surface area contributed by atoms with Crippen LogP contribution in [0.3, 0.4) is 0 Å². The molecule has 0 saturated heterocycles. The van der Waals surface area contributed by atoms with Gasteiger partial charge in [-0.2, -0.15) is 0 Å². The highest BCUT2D eigenvalue weighted by molar-refractivity contribution is 5.82. The van der Waals surface area contributed by atoms with E-state index in [1.165, 1.54) is 16.7 Å². The predicted molar refractivity (Wildman–Crippen MR) is 305 cm³/mol. The third-order valence-corrected chi connectivity index (χ3v) is 10.8. The Hall–Kier alpha value is -7.08. The van der Waals surface area contributed by atoms with E-state index in [1.807, 2.05) is 198 Å². The van der Waals surface area contributed by atoms with Crippen LogP contribution in [0.1, 0.15) is 162 Å². The zero-order valence-electron chi connectivity index (χ0n) is 49.7. The molecule has 74 heavy (non-hydrogen) atoms. The number of fused-ring (bicyclic) bond motifs is 6. The highest BCUT2D eigenvalue weighted by atomic mass is 16.5. The summed E-state index contributed by atoms with van der Waals surface area (Å²) in [5.41, 5.74) is 10.4. The summed E-state index contributed by atoms with van der Waals surface area (Å²) in [6.45, 7) is 51.8. The maximum Gasteiger partial charge on any atom is 0.297 e. The molecule has 12 aromatic rings. The van der Waals surface area contributed by atoms with Gasteiger partial charge in [0.15, 0.2) is 0 Å². The van der Waals surface area contributed by atoms with Gasteiger partial charge in [-0.25, -0.2) is 0 Å². The molecule has 12 heteroatoms. The first kappa shape index (κ1) is 64.9. The van der Waals surface area contributed by atoms with Crippen LogP contribution >= 0.6 is 0 Å². The van der Waals surface area contributed by atoms with Crippen LogP contribution in [0.15, 0.2) is 115 Å². The lowest BCUT2D eigenvalue weighted by atomic mass is 10.1. The molecule has 12 heterocycles. The van der Waals surface area contributed by atoms with Crippen molar-refractivity contribution >= 4 is 67.0 Å². The lowest BCUT2D eigenvalue weighted by Crippen LogP contribution is -1.71. The molecule has 0 aliphatic heterocycles. The van der Waals surface area contributed by atoms with Gasteiger partial charge in [-0.05, 0) is 149 Å². The molecule has 0 aliphatic rings. The van der Waals surface area contributed by atoms with Crippen LogP contribution in [0.4, 0.5) is 0 Å². The first-order chi connectivity index (χ1) is 35.5. The number of aryl methyl sites for hydroxylation is 14. The molecular formula is C62H88O12. The van der Waals surface area contributed by atoms with Crippen molar-refractivity contribution in [3.8, 4) is 0 Å². The fourth-order valence-corrected chi connectivity index (χ4v) is 7.05. The summed E-state index contributed by atoms with van der Waals surface area (Å²) in [5.74, 6) is 8.47. The highest BCUT2D eigenvalue weighted by Crippen LogP contribution is 2.30. The second-order valence-corrected chi connectivity index (χ2v) is 15.6. The van der Waals surface area contributed by atoms with E-state index in [-0.39, 0.29) is 0 Å². The molecule has 12 aromatic heterocycles. The molecule has 0 bridgehead atoms. The lowest BCUT2D eigenvalue weighted by molar-refractivity contribution is 0.448. The molecule has 0 atom stereocenters. The van der Waals surface area contributed by atoms with Gasteiger partial charge in [0.25, 0.3) is 34.7 Å². The molecule has 12 rings (SSSR count). The van der Waals surface area contributed by atoms with Crippen molar-refractivity contribution in [2.75, 3.05) is 0 Å². The van der Waals surface area contributed by atoms with Crippen molar-refractivity contribution in [3.05, 3.63) is 141 Å². The average molecular weight is 1030 g/mol. The number of furan rings is 12. The van der Waals surface area contributed by atoms with Gasteiger partial charge in [-0.1, -0.05) is 83.1 Å². The quantitative estimate of drug-likeness (QED) is 0.142. The summed E-state index contributed by atoms with van der Waals surface area (Å²) >= 11 is 0. The number of rotatable bonds is 0. The second-order valence-electron chi connectivity index (χ2n) is 15.6. The van der Waals surface area contributed by atoms with Gasteiger partial charge in [0, 0.05) is 16.7 Å². The molecule has 12 nitrogen and oxygen atoms in total. The summed E-state index contributed by atoms with van der Waals surface area (Å²) in [4.78, 5) is 0. The minimum atomic E-state index is 0.634. The predicted octanol–water partition coefficient (Wildman–Crippen LogP) is 22.6. The Kier molecular flexibility index (Phi) is 28.2. The standard InChI is InChI=1S/2C9H10O2.4C8H8O2.6C2H6/c1-5-4-10-9-8(5)6(2)7(3)11-9;1-5-4-8-6(2)7(3)11-9(8)10-5;1-5-4-9-8-7(5)3-6(2)10-8;2*1-5-3-9-8-7(5)6(2)4-10-8;1-5-6(2)10-8-7(5)3-4-9-8;6*1-2/h2*4H,1-3H3;4*3-4H,1-2H3;6*1-2H3.